The maximum atomic E-state index is 12.5. The molecule has 1 aliphatic heterocycles. The van der Waals surface area contributed by atoms with Crippen molar-refractivity contribution in [2.45, 2.75) is 12.8 Å². The van der Waals surface area contributed by atoms with E-state index in [2.05, 4.69) is 21.4 Å². The first-order valence-corrected chi connectivity index (χ1v) is 9.99. The molecule has 1 fully saturated rings. The van der Waals surface area contributed by atoms with E-state index in [4.69, 9.17) is 11.6 Å². The Kier molecular flexibility index (Phi) is 5.64. The van der Waals surface area contributed by atoms with E-state index in [1.54, 1.807) is 24.3 Å². The summed E-state index contributed by atoms with van der Waals surface area (Å²) in [5.74, 6) is 0.829. The van der Waals surface area contributed by atoms with E-state index in [0.29, 0.717) is 59.1 Å². The fourth-order valence-corrected chi connectivity index (χ4v) is 3.73. The molecule has 1 N–H and O–H groups in total. The van der Waals surface area contributed by atoms with E-state index in [1.807, 2.05) is 4.90 Å². The van der Waals surface area contributed by atoms with Crippen molar-refractivity contribution < 1.29 is 9.72 Å². The highest BCUT2D eigenvalue weighted by Crippen LogP contribution is 2.29. The second kappa shape index (κ2) is 8.53. The number of nitro groups is 1. The average Bonchev–Trinajstić information content (AvgIpc) is 2.79. The summed E-state index contributed by atoms with van der Waals surface area (Å²) in [6.45, 7) is 1.20. The van der Waals surface area contributed by atoms with Gasteiger partial charge >= 0.3 is 0 Å². The summed E-state index contributed by atoms with van der Waals surface area (Å²) < 4.78 is 0. The van der Waals surface area contributed by atoms with Crippen LogP contribution in [0.4, 0.5) is 17.3 Å². The average molecular weight is 437 g/mol. The predicted molar refractivity (Wildman–Crippen MR) is 116 cm³/mol. The molecule has 3 aromatic rings. The van der Waals surface area contributed by atoms with Gasteiger partial charge in [0.15, 0.2) is 0 Å². The van der Waals surface area contributed by atoms with Crippen LogP contribution in [0.3, 0.4) is 0 Å². The molecule has 31 heavy (non-hydrogen) atoms. The number of hydrogen-bond donors (Lipinski definition) is 1. The van der Waals surface area contributed by atoms with Gasteiger partial charge in [-0.25, -0.2) is 9.97 Å². The normalized spacial score (nSPS) is 14.3. The van der Waals surface area contributed by atoms with Crippen LogP contribution in [0.15, 0.2) is 42.6 Å². The Labute approximate surface area is 182 Å². The number of benzene rings is 1. The molecule has 0 aliphatic carbocycles. The number of carbonyl (C=O) groups is 1. The lowest BCUT2D eigenvalue weighted by molar-refractivity contribution is -0.384. The molecule has 4 rings (SSSR count). The van der Waals surface area contributed by atoms with Gasteiger partial charge in [-0.05, 0) is 37.1 Å². The summed E-state index contributed by atoms with van der Waals surface area (Å²) in [6, 6.07) is 11.4. The van der Waals surface area contributed by atoms with Gasteiger partial charge in [-0.1, -0.05) is 11.6 Å². The molecule has 0 saturated carbocycles. The van der Waals surface area contributed by atoms with Gasteiger partial charge < -0.3 is 10.2 Å². The number of hydrogen-bond acceptors (Lipinski definition) is 7. The molecule has 1 saturated heterocycles. The molecule has 10 heteroatoms. The maximum absolute atomic E-state index is 12.5. The summed E-state index contributed by atoms with van der Waals surface area (Å²) in [5.41, 5.74) is 0.770. The maximum Gasteiger partial charge on any atom is 0.270 e. The van der Waals surface area contributed by atoms with Crippen LogP contribution < -0.4 is 10.2 Å². The van der Waals surface area contributed by atoms with Gasteiger partial charge in [0.05, 0.1) is 27.1 Å². The van der Waals surface area contributed by atoms with Crippen molar-refractivity contribution >= 4 is 45.7 Å². The van der Waals surface area contributed by atoms with Crippen LogP contribution in [0.25, 0.3) is 10.9 Å². The SMILES string of the molecule is N#Cc1cc(N2CCC(C(=O)Nc3ccc(Cl)cn3)CC2)nc2ccc([N+](=O)[O-])cc12. The quantitative estimate of drug-likeness (QED) is 0.485. The molecule has 9 nitrogen and oxygen atoms in total. The number of non-ortho nitro benzene ring substituents is 1. The Bertz CT molecular complexity index is 1200. The molecule has 1 amide bonds. The Morgan fingerprint density at radius 3 is 2.68 bits per heavy atom. The van der Waals surface area contributed by atoms with Crippen LogP contribution >= 0.6 is 11.6 Å². The van der Waals surface area contributed by atoms with E-state index in [-0.39, 0.29) is 17.5 Å². The predicted octanol–water partition coefficient (Wildman–Crippen LogP) is 3.92. The highest BCUT2D eigenvalue weighted by atomic mass is 35.5. The van der Waals surface area contributed by atoms with Gasteiger partial charge in [0, 0.05) is 42.7 Å². The first-order chi connectivity index (χ1) is 14.9. The first-order valence-electron chi connectivity index (χ1n) is 9.61. The Morgan fingerprint density at radius 2 is 2.03 bits per heavy atom. The zero-order chi connectivity index (χ0) is 22.0. The number of piperidine rings is 1. The Morgan fingerprint density at radius 1 is 1.26 bits per heavy atom. The zero-order valence-electron chi connectivity index (χ0n) is 16.3. The number of anilines is 2. The third kappa shape index (κ3) is 4.39. The zero-order valence-corrected chi connectivity index (χ0v) is 17.0. The number of fused-ring (bicyclic) bond motifs is 1. The van der Waals surface area contributed by atoms with Crippen molar-refractivity contribution in [3.05, 3.63) is 63.3 Å². The van der Waals surface area contributed by atoms with Crippen LogP contribution in [0.1, 0.15) is 18.4 Å². The van der Waals surface area contributed by atoms with E-state index >= 15 is 0 Å². The highest BCUT2D eigenvalue weighted by molar-refractivity contribution is 6.30. The van der Waals surface area contributed by atoms with E-state index in [1.165, 1.54) is 18.3 Å². The van der Waals surface area contributed by atoms with E-state index in [9.17, 15) is 20.2 Å². The van der Waals surface area contributed by atoms with Gasteiger partial charge in [0.1, 0.15) is 11.6 Å². The van der Waals surface area contributed by atoms with Gasteiger partial charge in [0.2, 0.25) is 5.91 Å². The number of nitrogens with one attached hydrogen (secondary N) is 1. The standard InChI is InChI=1S/C21H17ClN6O3/c22-15-1-4-19(24-12-15)26-21(29)13-5-7-27(8-6-13)20-9-14(11-23)17-10-16(28(30)31)2-3-18(17)25-20/h1-4,9-10,12-13H,5-8H2,(H,24,26,29). The third-order valence-corrected chi connectivity index (χ3v) is 5.50. The van der Waals surface area contributed by atoms with Crippen LogP contribution in [-0.2, 0) is 4.79 Å². The lowest BCUT2D eigenvalue weighted by Crippen LogP contribution is -2.38. The fourth-order valence-electron chi connectivity index (χ4n) is 3.62. The number of carbonyl (C=O) groups excluding carboxylic acids is 1. The topological polar surface area (TPSA) is 125 Å². The molecule has 3 heterocycles. The summed E-state index contributed by atoms with van der Waals surface area (Å²) >= 11 is 5.81. The lowest BCUT2D eigenvalue weighted by atomic mass is 9.95. The van der Waals surface area contributed by atoms with Crippen molar-refractivity contribution in [2.75, 3.05) is 23.3 Å². The van der Waals surface area contributed by atoms with Crippen molar-refractivity contribution in [2.24, 2.45) is 5.92 Å². The molecule has 156 valence electrons. The molecule has 0 bridgehead atoms. The van der Waals surface area contributed by atoms with Crippen molar-refractivity contribution in [1.82, 2.24) is 9.97 Å². The van der Waals surface area contributed by atoms with Gasteiger partial charge in [-0.2, -0.15) is 5.26 Å². The Hall–Kier alpha value is -3.77. The number of amides is 1. The van der Waals surface area contributed by atoms with E-state index in [0.717, 1.165) is 0 Å². The fraction of sp³-hybridized carbons (Fsp3) is 0.238. The lowest BCUT2D eigenvalue weighted by Gasteiger charge is -2.32. The van der Waals surface area contributed by atoms with E-state index < -0.39 is 4.92 Å². The summed E-state index contributed by atoms with van der Waals surface area (Å²) in [5, 5.41) is 24.3. The number of aromatic nitrogens is 2. The summed E-state index contributed by atoms with van der Waals surface area (Å²) in [6.07, 6.45) is 2.73. The second-order valence-corrected chi connectivity index (χ2v) is 7.65. The van der Waals surface area contributed by atoms with Crippen molar-refractivity contribution in [1.29, 1.82) is 5.26 Å². The minimum Gasteiger partial charge on any atom is -0.357 e. The molecular formula is C21H17ClN6O3. The number of nitro benzene ring substituents is 1. The monoisotopic (exact) mass is 436 g/mol. The summed E-state index contributed by atoms with van der Waals surface area (Å²) in [7, 11) is 0. The molecule has 1 aliphatic rings. The smallest absolute Gasteiger partial charge is 0.270 e. The minimum atomic E-state index is -0.496. The van der Waals surface area contributed by atoms with Crippen LogP contribution in [-0.4, -0.2) is 33.9 Å². The number of nitriles is 1. The van der Waals surface area contributed by atoms with Crippen LogP contribution in [0, 0.1) is 27.4 Å². The molecule has 0 spiro atoms. The number of rotatable bonds is 4. The second-order valence-electron chi connectivity index (χ2n) is 7.21. The Balaban J connectivity index is 1.47. The van der Waals surface area contributed by atoms with Gasteiger partial charge in [-0.3, -0.25) is 14.9 Å². The van der Waals surface area contributed by atoms with Crippen molar-refractivity contribution in [3.63, 3.8) is 0 Å². The van der Waals surface area contributed by atoms with Gasteiger partial charge in [-0.15, -0.1) is 0 Å². The largest absolute Gasteiger partial charge is 0.357 e. The first kappa shape index (κ1) is 20.5. The molecule has 0 unspecified atom stereocenters. The van der Waals surface area contributed by atoms with Crippen LogP contribution in [0.2, 0.25) is 5.02 Å². The molecule has 0 radical (unpaired) electrons. The highest BCUT2D eigenvalue weighted by Gasteiger charge is 2.26. The summed E-state index contributed by atoms with van der Waals surface area (Å²) in [4.78, 5) is 33.8. The van der Waals surface area contributed by atoms with Crippen LogP contribution in [0.5, 0.6) is 0 Å². The molecule has 0 atom stereocenters. The molecular weight excluding hydrogens is 420 g/mol. The van der Waals surface area contributed by atoms with Gasteiger partial charge in [0.25, 0.3) is 5.69 Å². The number of nitrogens with zero attached hydrogens (tertiary/aromatic N) is 5. The molecule has 1 aromatic carbocycles. The third-order valence-electron chi connectivity index (χ3n) is 5.28. The number of pyridine rings is 2. The van der Waals surface area contributed by atoms with Crippen molar-refractivity contribution in [3.8, 4) is 6.07 Å². The minimum absolute atomic E-state index is 0.0828. The number of halogens is 1. The molecule has 2 aromatic heterocycles.